The molecule has 9 heteroatoms. The van der Waals surface area contributed by atoms with Crippen LogP contribution in [0, 0.1) is 10.1 Å². The fourth-order valence-corrected chi connectivity index (χ4v) is 4.78. The fourth-order valence-electron chi connectivity index (χ4n) is 4.78. The number of nitro groups is 1. The first-order chi connectivity index (χ1) is 16.1. The van der Waals surface area contributed by atoms with Crippen LogP contribution in [0.25, 0.3) is 0 Å². The summed E-state index contributed by atoms with van der Waals surface area (Å²) in [6.07, 6.45) is 3.29. The van der Waals surface area contributed by atoms with Crippen molar-refractivity contribution >= 4 is 23.0 Å². The van der Waals surface area contributed by atoms with Gasteiger partial charge in [-0.25, -0.2) is 0 Å². The summed E-state index contributed by atoms with van der Waals surface area (Å²) in [7, 11) is 0. The SMILES string of the molecule is O=C(c1ccc2c(c1)OCCO2)N1CCN(c2ccc([N+](=O)[O-])c(N3CCCCC3)c2)CC1. The lowest BCUT2D eigenvalue weighted by Gasteiger charge is -2.37. The molecule has 0 saturated carbocycles. The van der Waals surface area contributed by atoms with E-state index in [0.29, 0.717) is 62.1 Å². The summed E-state index contributed by atoms with van der Waals surface area (Å²) >= 11 is 0. The number of carbonyl (C=O) groups is 1. The molecule has 0 spiro atoms. The van der Waals surface area contributed by atoms with Gasteiger partial charge >= 0.3 is 0 Å². The summed E-state index contributed by atoms with van der Waals surface area (Å²) in [5, 5.41) is 11.6. The van der Waals surface area contributed by atoms with Crippen LogP contribution in [-0.2, 0) is 0 Å². The molecule has 0 unspecified atom stereocenters. The first kappa shape index (κ1) is 21.4. The van der Waals surface area contributed by atoms with E-state index in [0.717, 1.165) is 31.6 Å². The molecule has 2 fully saturated rings. The van der Waals surface area contributed by atoms with Crippen LogP contribution < -0.4 is 19.3 Å². The number of benzene rings is 2. The van der Waals surface area contributed by atoms with E-state index in [1.165, 1.54) is 6.42 Å². The number of nitro benzene ring substituents is 1. The van der Waals surface area contributed by atoms with Crippen molar-refractivity contribution in [2.45, 2.75) is 19.3 Å². The van der Waals surface area contributed by atoms with Crippen LogP contribution in [-0.4, -0.2) is 68.2 Å². The zero-order valence-electron chi connectivity index (χ0n) is 18.6. The molecule has 3 heterocycles. The van der Waals surface area contributed by atoms with Crippen LogP contribution in [0.4, 0.5) is 17.1 Å². The quantitative estimate of drug-likeness (QED) is 0.519. The summed E-state index contributed by atoms with van der Waals surface area (Å²) in [6.45, 7) is 5.22. The number of rotatable bonds is 4. The third-order valence-electron chi connectivity index (χ3n) is 6.57. The Morgan fingerprint density at radius 1 is 0.818 bits per heavy atom. The van der Waals surface area contributed by atoms with Crippen molar-refractivity contribution < 1.29 is 19.2 Å². The van der Waals surface area contributed by atoms with Crippen LogP contribution in [0.15, 0.2) is 36.4 Å². The van der Waals surface area contributed by atoms with Crippen LogP contribution in [0.1, 0.15) is 29.6 Å². The van der Waals surface area contributed by atoms with Gasteiger partial charge in [0.25, 0.3) is 11.6 Å². The van der Waals surface area contributed by atoms with E-state index in [9.17, 15) is 14.9 Å². The first-order valence-electron chi connectivity index (χ1n) is 11.6. The zero-order valence-corrected chi connectivity index (χ0v) is 18.6. The Bertz CT molecular complexity index is 1050. The van der Waals surface area contributed by atoms with E-state index in [2.05, 4.69) is 9.80 Å². The lowest BCUT2D eigenvalue weighted by atomic mass is 10.1. The van der Waals surface area contributed by atoms with Gasteiger partial charge in [0.15, 0.2) is 11.5 Å². The number of hydrogen-bond donors (Lipinski definition) is 0. The lowest BCUT2D eigenvalue weighted by molar-refractivity contribution is -0.384. The Hall–Kier alpha value is -3.49. The summed E-state index contributed by atoms with van der Waals surface area (Å²) < 4.78 is 11.1. The highest BCUT2D eigenvalue weighted by molar-refractivity contribution is 5.95. The molecule has 1 amide bonds. The number of nitrogens with zero attached hydrogens (tertiary/aromatic N) is 4. The third kappa shape index (κ3) is 4.40. The maximum absolute atomic E-state index is 13.0. The average Bonchev–Trinajstić information content (AvgIpc) is 2.88. The molecule has 0 atom stereocenters. The van der Waals surface area contributed by atoms with E-state index in [4.69, 9.17) is 9.47 Å². The summed E-state index contributed by atoms with van der Waals surface area (Å²) in [4.78, 5) is 30.5. The second-order valence-electron chi connectivity index (χ2n) is 8.62. The Labute approximate surface area is 192 Å². The Morgan fingerprint density at radius 3 is 2.27 bits per heavy atom. The van der Waals surface area contributed by atoms with E-state index >= 15 is 0 Å². The van der Waals surface area contributed by atoms with Gasteiger partial charge in [-0.05, 0) is 49.6 Å². The summed E-state index contributed by atoms with van der Waals surface area (Å²) in [5.41, 5.74) is 2.42. The summed E-state index contributed by atoms with van der Waals surface area (Å²) in [6, 6.07) is 10.7. The molecule has 0 N–H and O–H groups in total. The van der Waals surface area contributed by atoms with E-state index in [-0.39, 0.29) is 16.5 Å². The number of piperidine rings is 1. The maximum Gasteiger partial charge on any atom is 0.292 e. The van der Waals surface area contributed by atoms with E-state index in [1.807, 2.05) is 17.0 Å². The normalized spacial score (nSPS) is 18.2. The van der Waals surface area contributed by atoms with Crippen LogP contribution in [0.3, 0.4) is 0 Å². The Morgan fingerprint density at radius 2 is 1.55 bits per heavy atom. The predicted molar refractivity (Wildman–Crippen MR) is 125 cm³/mol. The molecule has 2 saturated heterocycles. The number of amides is 1. The highest BCUT2D eigenvalue weighted by atomic mass is 16.6. The number of anilines is 2. The molecule has 2 aromatic carbocycles. The monoisotopic (exact) mass is 452 g/mol. The number of hydrogen-bond acceptors (Lipinski definition) is 7. The molecule has 174 valence electrons. The lowest BCUT2D eigenvalue weighted by Crippen LogP contribution is -2.48. The minimum absolute atomic E-state index is 0.0238. The molecule has 0 aliphatic carbocycles. The van der Waals surface area contributed by atoms with Gasteiger partial charge in [0.2, 0.25) is 0 Å². The van der Waals surface area contributed by atoms with Crippen molar-refractivity contribution in [3.8, 4) is 11.5 Å². The zero-order chi connectivity index (χ0) is 22.8. The maximum atomic E-state index is 13.0. The minimum atomic E-state index is -0.294. The molecule has 9 nitrogen and oxygen atoms in total. The largest absolute Gasteiger partial charge is 0.486 e. The summed E-state index contributed by atoms with van der Waals surface area (Å²) in [5.74, 6) is 1.26. The van der Waals surface area contributed by atoms with Crippen molar-refractivity contribution in [3.63, 3.8) is 0 Å². The van der Waals surface area contributed by atoms with Crippen LogP contribution in [0.5, 0.6) is 11.5 Å². The van der Waals surface area contributed by atoms with Crippen molar-refractivity contribution in [3.05, 3.63) is 52.1 Å². The van der Waals surface area contributed by atoms with Crippen molar-refractivity contribution in [1.82, 2.24) is 4.90 Å². The van der Waals surface area contributed by atoms with Gasteiger partial charge in [-0.15, -0.1) is 0 Å². The topological polar surface area (TPSA) is 88.4 Å². The molecule has 33 heavy (non-hydrogen) atoms. The predicted octanol–water partition coefficient (Wildman–Crippen LogP) is 3.32. The van der Waals surface area contributed by atoms with Crippen molar-refractivity contribution in [2.75, 3.05) is 62.3 Å². The number of carbonyl (C=O) groups excluding carboxylic acids is 1. The number of ether oxygens (including phenoxy) is 2. The molecular formula is C24H28N4O5. The second-order valence-corrected chi connectivity index (χ2v) is 8.62. The van der Waals surface area contributed by atoms with Gasteiger partial charge < -0.3 is 24.2 Å². The fraction of sp³-hybridized carbons (Fsp3) is 0.458. The average molecular weight is 453 g/mol. The molecule has 2 aromatic rings. The van der Waals surface area contributed by atoms with Gasteiger partial charge in [0.1, 0.15) is 18.9 Å². The Kier molecular flexibility index (Phi) is 5.93. The highest BCUT2D eigenvalue weighted by Crippen LogP contribution is 2.35. The number of piperazine rings is 1. The molecule has 0 bridgehead atoms. The highest BCUT2D eigenvalue weighted by Gasteiger charge is 2.26. The standard InChI is InChI=1S/C24H28N4O5/c29-24(18-4-7-22-23(16-18)33-15-14-32-22)27-12-10-25(11-13-27)19-5-6-20(28(30)31)21(17-19)26-8-2-1-3-9-26/h4-7,16-17H,1-3,8-15H2. The van der Waals surface area contributed by atoms with Crippen molar-refractivity contribution in [1.29, 1.82) is 0 Å². The second kappa shape index (κ2) is 9.17. The number of fused-ring (bicyclic) bond motifs is 1. The first-order valence-corrected chi connectivity index (χ1v) is 11.6. The minimum Gasteiger partial charge on any atom is -0.486 e. The van der Waals surface area contributed by atoms with Crippen molar-refractivity contribution in [2.24, 2.45) is 0 Å². The molecule has 0 aromatic heterocycles. The molecule has 0 radical (unpaired) electrons. The van der Waals surface area contributed by atoms with Gasteiger partial charge in [-0.2, -0.15) is 0 Å². The van der Waals surface area contributed by atoms with Crippen LogP contribution in [0.2, 0.25) is 0 Å². The van der Waals surface area contributed by atoms with Gasteiger partial charge in [0.05, 0.1) is 4.92 Å². The van der Waals surface area contributed by atoms with Crippen LogP contribution >= 0.6 is 0 Å². The van der Waals surface area contributed by atoms with E-state index in [1.54, 1.807) is 24.3 Å². The molecule has 3 aliphatic rings. The molecule has 5 rings (SSSR count). The molecular weight excluding hydrogens is 424 g/mol. The molecule has 3 aliphatic heterocycles. The smallest absolute Gasteiger partial charge is 0.292 e. The Balaban J connectivity index is 1.28. The van der Waals surface area contributed by atoms with E-state index < -0.39 is 0 Å². The van der Waals surface area contributed by atoms with Gasteiger partial charge in [-0.3, -0.25) is 14.9 Å². The van der Waals surface area contributed by atoms with Gasteiger partial charge in [-0.1, -0.05) is 0 Å². The van der Waals surface area contributed by atoms with Gasteiger partial charge in [0, 0.05) is 56.6 Å². The third-order valence-corrected chi connectivity index (χ3v) is 6.57.